The molecule has 7 heteroatoms. The molecule has 234 valence electrons. The molecule has 0 bridgehead atoms. The summed E-state index contributed by atoms with van der Waals surface area (Å²) in [7, 11) is 1.59. The van der Waals surface area contributed by atoms with Crippen molar-refractivity contribution in [3.8, 4) is 11.5 Å². The third-order valence-corrected chi connectivity index (χ3v) is 9.41. The highest BCUT2D eigenvalue weighted by Crippen LogP contribution is 2.40. The van der Waals surface area contributed by atoms with E-state index in [1.165, 1.54) is 0 Å². The molecule has 2 N–H and O–H groups in total. The maximum absolute atomic E-state index is 13.9. The van der Waals surface area contributed by atoms with Gasteiger partial charge in [0.25, 0.3) is 0 Å². The number of aromatic hydroxyl groups is 1. The molecule has 1 saturated heterocycles. The Morgan fingerprint density at radius 2 is 1.69 bits per heavy atom. The van der Waals surface area contributed by atoms with Crippen molar-refractivity contribution in [1.82, 2.24) is 4.90 Å². The Hall–Kier alpha value is -4.62. The summed E-state index contributed by atoms with van der Waals surface area (Å²) in [6, 6.07) is 30.7. The van der Waals surface area contributed by atoms with Crippen LogP contribution < -0.4 is 9.64 Å². The number of piperidine rings is 1. The van der Waals surface area contributed by atoms with E-state index in [-0.39, 0.29) is 23.4 Å². The van der Waals surface area contributed by atoms with Gasteiger partial charge in [-0.15, -0.1) is 0 Å². The first-order valence-electron chi connectivity index (χ1n) is 15.5. The summed E-state index contributed by atoms with van der Waals surface area (Å²) < 4.78 is 5.36. The van der Waals surface area contributed by atoms with Gasteiger partial charge in [0, 0.05) is 37.2 Å². The number of carbonyl (C=O) groups is 2. The highest BCUT2D eigenvalue weighted by Gasteiger charge is 2.38. The molecule has 1 aliphatic rings. The van der Waals surface area contributed by atoms with Crippen LogP contribution in [0.4, 0.5) is 11.4 Å². The second-order valence-electron chi connectivity index (χ2n) is 12.2. The number of ketones is 1. The topological polar surface area (TPSA) is 90.3 Å². The van der Waals surface area contributed by atoms with Gasteiger partial charge in [0.15, 0.2) is 5.78 Å². The van der Waals surface area contributed by atoms with Crippen LogP contribution in [-0.2, 0) is 16.6 Å². The Labute approximate surface area is 265 Å². The fourth-order valence-electron chi connectivity index (χ4n) is 6.48. The number of anilines is 2. The lowest BCUT2D eigenvalue weighted by atomic mass is 9.68. The zero-order chi connectivity index (χ0) is 32.0. The van der Waals surface area contributed by atoms with Gasteiger partial charge in [-0.05, 0) is 84.0 Å². The summed E-state index contributed by atoms with van der Waals surface area (Å²) in [6.07, 6.45) is 1.50. The minimum Gasteiger partial charge on any atom is -0.508 e. The molecule has 0 aromatic heterocycles. The van der Waals surface area contributed by atoms with Crippen molar-refractivity contribution < 1.29 is 24.5 Å². The van der Waals surface area contributed by atoms with Gasteiger partial charge in [-0.3, -0.25) is 4.79 Å². The van der Waals surface area contributed by atoms with E-state index in [0.29, 0.717) is 41.6 Å². The Balaban J connectivity index is 1.38. The van der Waals surface area contributed by atoms with Crippen molar-refractivity contribution in [3.63, 3.8) is 0 Å². The Kier molecular flexibility index (Phi) is 9.89. The van der Waals surface area contributed by atoms with Crippen LogP contribution in [0.3, 0.4) is 0 Å². The molecule has 4 aromatic rings. The van der Waals surface area contributed by atoms with E-state index in [1.54, 1.807) is 36.3 Å². The van der Waals surface area contributed by atoms with Crippen molar-refractivity contribution in [2.75, 3.05) is 31.6 Å². The summed E-state index contributed by atoms with van der Waals surface area (Å²) in [5, 5.41) is 20.6. The predicted molar refractivity (Wildman–Crippen MR) is 178 cm³/mol. The summed E-state index contributed by atoms with van der Waals surface area (Å²) in [5.41, 5.74) is 3.71. The number of hydrogen-bond donors (Lipinski definition) is 2. The molecule has 0 amide bonds. The number of carbonyl (C=O) groups excluding carboxylic acids is 1. The van der Waals surface area contributed by atoms with Crippen molar-refractivity contribution in [2.45, 2.75) is 44.6 Å². The van der Waals surface area contributed by atoms with Gasteiger partial charge >= 0.3 is 5.97 Å². The molecule has 0 spiro atoms. The highest BCUT2D eigenvalue weighted by atomic mass is 16.5. The highest BCUT2D eigenvalue weighted by molar-refractivity contribution is 6.03. The number of ether oxygens (including phenoxy) is 1. The van der Waals surface area contributed by atoms with Crippen LogP contribution in [0.2, 0.25) is 0 Å². The SMILES string of the molecule is COc1ccc(N(c2ccccc2C(=O)CCN2CC[C@@](C)(c3cccc(O)c3)[C@@H](C)C2)[C@@H](Cc2ccccc2)C(=O)O)cc1. The lowest BCUT2D eigenvalue weighted by Gasteiger charge is -2.45. The van der Waals surface area contributed by atoms with Gasteiger partial charge in [0.2, 0.25) is 0 Å². The van der Waals surface area contributed by atoms with Gasteiger partial charge in [-0.1, -0.05) is 68.4 Å². The largest absolute Gasteiger partial charge is 0.508 e. The van der Waals surface area contributed by atoms with Crippen molar-refractivity contribution >= 4 is 23.1 Å². The lowest BCUT2D eigenvalue weighted by molar-refractivity contribution is -0.138. The third-order valence-electron chi connectivity index (χ3n) is 9.41. The number of likely N-dealkylation sites (tertiary alicyclic amines) is 1. The molecule has 5 rings (SSSR count). The number of aliphatic carboxylic acids is 1. The molecule has 1 aliphatic heterocycles. The number of carboxylic acids is 1. The van der Waals surface area contributed by atoms with Gasteiger partial charge in [0.1, 0.15) is 17.5 Å². The van der Waals surface area contributed by atoms with E-state index >= 15 is 0 Å². The quantitative estimate of drug-likeness (QED) is 0.166. The lowest BCUT2D eigenvalue weighted by Crippen LogP contribution is -2.47. The number of phenols is 1. The van der Waals surface area contributed by atoms with Crippen LogP contribution in [0.25, 0.3) is 0 Å². The minimum absolute atomic E-state index is 0.0260. The second-order valence-corrected chi connectivity index (χ2v) is 12.2. The fourth-order valence-corrected chi connectivity index (χ4v) is 6.48. The van der Waals surface area contributed by atoms with Crippen LogP contribution in [-0.4, -0.2) is 59.7 Å². The Bertz CT molecular complexity index is 1610. The average Bonchev–Trinajstić information content (AvgIpc) is 3.06. The zero-order valence-corrected chi connectivity index (χ0v) is 26.2. The van der Waals surface area contributed by atoms with Gasteiger partial charge in [-0.25, -0.2) is 4.79 Å². The van der Waals surface area contributed by atoms with Gasteiger partial charge in [-0.2, -0.15) is 0 Å². The number of Topliss-reactive ketones (excluding diaryl/α,β-unsaturated/α-hetero) is 1. The summed E-state index contributed by atoms with van der Waals surface area (Å²) >= 11 is 0. The fraction of sp³-hybridized carbons (Fsp3) is 0.316. The smallest absolute Gasteiger partial charge is 0.327 e. The Morgan fingerprint density at radius 3 is 2.36 bits per heavy atom. The third kappa shape index (κ3) is 7.21. The molecule has 0 aliphatic carbocycles. The van der Waals surface area contributed by atoms with E-state index in [9.17, 15) is 19.8 Å². The van der Waals surface area contributed by atoms with Crippen LogP contribution >= 0.6 is 0 Å². The van der Waals surface area contributed by atoms with E-state index in [2.05, 4.69) is 24.8 Å². The molecular weight excluding hydrogens is 564 g/mol. The molecule has 1 heterocycles. The Morgan fingerprint density at radius 1 is 0.978 bits per heavy atom. The molecule has 3 atom stereocenters. The number of carboxylic acid groups (broad SMARTS) is 1. The standard InChI is InChI=1S/C38H42N2O5/c1-27-26-39(23-21-38(27,2)29-12-9-13-31(41)25-29)22-20-36(42)33-14-7-8-15-34(33)40(30-16-18-32(45-3)19-17-30)35(37(43)44)24-28-10-5-4-6-11-28/h4-19,25,27,35,41H,20-24,26H2,1-3H3,(H,43,44)/t27-,35-,38+/m0/s1. The minimum atomic E-state index is -0.978. The van der Waals surface area contributed by atoms with Gasteiger partial charge < -0.3 is 24.7 Å². The van der Waals surface area contributed by atoms with Crippen LogP contribution in [0.5, 0.6) is 11.5 Å². The monoisotopic (exact) mass is 606 g/mol. The van der Waals surface area contributed by atoms with E-state index in [0.717, 1.165) is 30.6 Å². The molecular formula is C38H42N2O5. The van der Waals surface area contributed by atoms with Crippen LogP contribution in [0.1, 0.15) is 48.2 Å². The van der Waals surface area contributed by atoms with E-state index in [1.807, 2.05) is 72.8 Å². The van der Waals surface area contributed by atoms with Crippen LogP contribution in [0.15, 0.2) is 103 Å². The molecule has 45 heavy (non-hydrogen) atoms. The first-order chi connectivity index (χ1) is 21.7. The molecule has 1 fully saturated rings. The first kappa shape index (κ1) is 31.8. The predicted octanol–water partition coefficient (Wildman–Crippen LogP) is 7.11. The van der Waals surface area contributed by atoms with Crippen molar-refractivity contribution in [1.29, 1.82) is 0 Å². The number of phenolic OH excluding ortho intramolecular Hbond substituents is 1. The second kappa shape index (κ2) is 14.0. The summed E-state index contributed by atoms with van der Waals surface area (Å²) in [5.74, 6) is 0.269. The van der Waals surface area contributed by atoms with Crippen molar-refractivity contribution in [3.05, 3.63) is 120 Å². The van der Waals surface area contributed by atoms with Crippen molar-refractivity contribution in [2.24, 2.45) is 5.92 Å². The maximum Gasteiger partial charge on any atom is 0.327 e. The number of hydrogen-bond acceptors (Lipinski definition) is 6. The van der Waals surface area contributed by atoms with E-state index < -0.39 is 12.0 Å². The van der Waals surface area contributed by atoms with Crippen LogP contribution in [0, 0.1) is 5.92 Å². The number of para-hydroxylation sites is 1. The van der Waals surface area contributed by atoms with Gasteiger partial charge in [0.05, 0.1) is 12.8 Å². The summed E-state index contributed by atoms with van der Waals surface area (Å²) in [4.78, 5) is 30.9. The zero-order valence-electron chi connectivity index (χ0n) is 26.2. The number of methoxy groups -OCH3 is 1. The molecule has 7 nitrogen and oxygen atoms in total. The molecule has 0 saturated carbocycles. The molecule has 0 unspecified atom stereocenters. The average molecular weight is 607 g/mol. The molecule has 4 aromatic carbocycles. The first-order valence-corrected chi connectivity index (χ1v) is 15.5. The number of nitrogens with zero attached hydrogens (tertiary/aromatic N) is 2. The number of rotatable bonds is 12. The normalized spacial score (nSPS) is 19.0. The molecule has 0 radical (unpaired) electrons. The summed E-state index contributed by atoms with van der Waals surface area (Å²) in [6.45, 7) is 6.80. The van der Waals surface area contributed by atoms with E-state index in [4.69, 9.17) is 4.74 Å². The maximum atomic E-state index is 13.9. The number of benzene rings is 4.